The summed E-state index contributed by atoms with van der Waals surface area (Å²) in [6.45, 7) is 2.79. The van der Waals surface area contributed by atoms with E-state index in [0.29, 0.717) is 18.1 Å². The van der Waals surface area contributed by atoms with E-state index in [1.165, 1.54) is 6.21 Å². The molecule has 3 N–H and O–H groups in total. The van der Waals surface area contributed by atoms with Gasteiger partial charge in [-0.05, 0) is 30.2 Å². The Hall–Kier alpha value is -2.24. The largest absolute Gasteiger partial charge is 0.493 e. The fourth-order valence-electron chi connectivity index (χ4n) is 1.59. The third kappa shape index (κ3) is 5.60. The maximum absolute atomic E-state index is 10.5. The predicted molar refractivity (Wildman–Crippen MR) is 78.3 cm³/mol. The quantitative estimate of drug-likeness (QED) is 0.435. The summed E-state index contributed by atoms with van der Waals surface area (Å²) >= 11 is 0. The van der Waals surface area contributed by atoms with Crippen molar-refractivity contribution in [1.29, 1.82) is 0 Å². The Morgan fingerprint density at radius 2 is 2.20 bits per heavy atom. The number of benzene rings is 1. The van der Waals surface area contributed by atoms with E-state index in [-0.39, 0.29) is 0 Å². The number of primary amides is 1. The molecule has 0 bridgehead atoms. The van der Waals surface area contributed by atoms with E-state index < -0.39 is 6.03 Å². The molecule has 0 aliphatic heterocycles. The highest BCUT2D eigenvalue weighted by molar-refractivity contribution is 5.82. The first-order valence-corrected chi connectivity index (χ1v) is 6.56. The van der Waals surface area contributed by atoms with Gasteiger partial charge >= 0.3 is 6.03 Å². The number of nitrogens with two attached hydrogens (primary N) is 1. The number of carbonyl (C=O) groups excluding carboxylic acids is 1. The van der Waals surface area contributed by atoms with Crippen LogP contribution in [0, 0.1) is 0 Å². The second-order valence-corrected chi connectivity index (χ2v) is 4.20. The zero-order valence-corrected chi connectivity index (χ0v) is 11.9. The number of hydrazone groups is 1. The number of nitrogens with zero attached hydrogens (tertiary/aromatic N) is 1. The van der Waals surface area contributed by atoms with Gasteiger partial charge in [0.05, 0.1) is 19.9 Å². The molecule has 0 spiro atoms. The number of amides is 2. The van der Waals surface area contributed by atoms with E-state index in [9.17, 15) is 4.79 Å². The van der Waals surface area contributed by atoms with Crippen molar-refractivity contribution >= 4 is 12.2 Å². The van der Waals surface area contributed by atoms with Crippen molar-refractivity contribution in [3.8, 4) is 11.5 Å². The molecule has 0 heterocycles. The number of urea groups is 1. The highest BCUT2D eigenvalue weighted by atomic mass is 16.5. The second-order valence-electron chi connectivity index (χ2n) is 4.20. The van der Waals surface area contributed by atoms with E-state index in [1.807, 2.05) is 6.07 Å². The summed E-state index contributed by atoms with van der Waals surface area (Å²) < 4.78 is 10.9. The van der Waals surface area contributed by atoms with Crippen molar-refractivity contribution in [3.63, 3.8) is 0 Å². The summed E-state index contributed by atoms with van der Waals surface area (Å²) in [6, 6.07) is 4.70. The highest BCUT2D eigenvalue weighted by Crippen LogP contribution is 2.27. The van der Waals surface area contributed by atoms with Gasteiger partial charge in [-0.3, -0.25) is 0 Å². The molecule has 1 aromatic carbocycles. The van der Waals surface area contributed by atoms with Crippen LogP contribution in [-0.2, 0) is 0 Å². The minimum absolute atomic E-state index is 0.643. The highest BCUT2D eigenvalue weighted by Gasteiger charge is 2.05. The molecular weight excluding hydrogens is 258 g/mol. The van der Waals surface area contributed by atoms with Gasteiger partial charge in [-0.2, -0.15) is 5.10 Å². The van der Waals surface area contributed by atoms with Gasteiger partial charge in [0.15, 0.2) is 11.5 Å². The smallest absolute Gasteiger partial charge is 0.332 e. The Morgan fingerprint density at radius 3 is 2.85 bits per heavy atom. The lowest BCUT2D eigenvalue weighted by atomic mass is 10.2. The van der Waals surface area contributed by atoms with Gasteiger partial charge < -0.3 is 15.2 Å². The normalized spacial score (nSPS) is 10.5. The SMILES string of the molecule is CCCCCOc1cc(C=NNC(N)=O)ccc1OC. The molecule has 2 amide bonds. The van der Waals surface area contributed by atoms with Crippen LogP contribution in [0.15, 0.2) is 23.3 Å². The van der Waals surface area contributed by atoms with Crippen LogP contribution in [0.3, 0.4) is 0 Å². The zero-order valence-electron chi connectivity index (χ0n) is 11.9. The number of hydrogen-bond donors (Lipinski definition) is 2. The molecule has 110 valence electrons. The molecule has 0 saturated carbocycles. The van der Waals surface area contributed by atoms with Crippen LogP contribution < -0.4 is 20.6 Å². The van der Waals surface area contributed by atoms with Crippen LogP contribution in [0.5, 0.6) is 11.5 Å². The number of hydrogen-bond acceptors (Lipinski definition) is 4. The van der Waals surface area contributed by atoms with Crippen molar-refractivity contribution in [2.75, 3.05) is 13.7 Å². The lowest BCUT2D eigenvalue weighted by Gasteiger charge is -2.11. The fourth-order valence-corrected chi connectivity index (χ4v) is 1.59. The molecule has 1 rings (SSSR count). The van der Waals surface area contributed by atoms with Crippen molar-refractivity contribution < 1.29 is 14.3 Å². The minimum atomic E-state index is -0.703. The number of nitrogens with one attached hydrogen (secondary N) is 1. The average molecular weight is 279 g/mol. The summed E-state index contributed by atoms with van der Waals surface area (Å²) in [5.74, 6) is 1.33. The molecule has 0 aliphatic carbocycles. The lowest BCUT2D eigenvalue weighted by Crippen LogP contribution is -2.24. The molecule has 20 heavy (non-hydrogen) atoms. The molecule has 0 aliphatic rings. The second kappa shape index (κ2) is 8.79. The molecule has 0 saturated heterocycles. The Kier molecular flexibility index (Phi) is 6.95. The first-order chi connectivity index (χ1) is 9.67. The Bertz CT molecular complexity index is 461. The molecule has 6 heteroatoms. The number of carbonyl (C=O) groups is 1. The van der Waals surface area contributed by atoms with Crippen LogP contribution in [0.25, 0.3) is 0 Å². The number of ether oxygens (including phenoxy) is 2. The standard InChI is InChI=1S/C14H21N3O3/c1-3-4-5-8-20-13-9-11(6-7-12(13)19-2)10-16-17-14(15)18/h6-7,9-10H,3-5,8H2,1-2H3,(H3,15,17,18). The first kappa shape index (κ1) is 15.8. The first-order valence-electron chi connectivity index (χ1n) is 6.56. The van der Waals surface area contributed by atoms with Crippen LogP contribution in [0.4, 0.5) is 4.79 Å². The maximum atomic E-state index is 10.5. The minimum Gasteiger partial charge on any atom is -0.493 e. The average Bonchev–Trinajstić information content (AvgIpc) is 2.43. The lowest BCUT2D eigenvalue weighted by molar-refractivity contribution is 0.249. The summed E-state index contributed by atoms with van der Waals surface area (Å²) in [4.78, 5) is 10.5. The zero-order chi connectivity index (χ0) is 14.8. The van der Waals surface area contributed by atoms with Gasteiger partial charge in [0, 0.05) is 0 Å². The maximum Gasteiger partial charge on any atom is 0.332 e. The van der Waals surface area contributed by atoms with Crippen molar-refractivity contribution in [1.82, 2.24) is 5.43 Å². The number of rotatable bonds is 8. The van der Waals surface area contributed by atoms with Gasteiger partial charge in [-0.1, -0.05) is 19.8 Å². The van der Waals surface area contributed by atoms with Crippen LogP contribution in [0.2, 0.25) is 0 Å². The molecule has 0 atom stereocenters. The summed E-state index contributed by atoms with van der Waals surface area (Å²) in [5, 5.41) is 3.70. The van der Waals surface area contributed by atoms with E-state index in [1.54, 1.807) is 19.2 Å². The fraction of sp³-hybridized carbons (Fsp3) is 0.429. The van der Waals surface area contributed by atoms with E-state index in [0.717, 1.165) is 24.8 Å². The molecule has 0 aromatic heterocycles. The van der Waals surface area contributed by atoms with Gasteiger partial charge in [0.2, 0.25) is 0 Å². The van der Waals surface area contributed by atoms with Crippen LogP contribution in [-0.4, -0.2) is 26.0 Å². The van der Waals surface area contributed by atoms with Gasteiger partial charge in [-0.15, -0.1) is 0 Å². The topological polar surface area (TPSA) is 85.9 Å². The van der Waals surface area contributed by atoms with Gasteiger partial charge in [0.25, 0.3) is 0 Å². The molecule has 6 nitrogen and oxygen atoms in total. The van der Waals surface area contributed by atoms with E-state index in [2.05, 4.69) is 17.5 Å². The summed E-state index contributed by atoms with van der Waals surface area (Å²) in [7, 11) is 1.59. The molecule has 0 unspecified atom stereocenters. The number of methoxy groups -OCH3 is 1. The van der Waals surface area contributed by atoms with Crippen molar-refractivity contribution in [3.05, 3.63) is 23.8 Å². The molecule has 1 aromatic rings. The number of unbranched alkanes of at least 4 members (excludes halogenated alkanes) is 2. The van der Waals surface area contributed by atoms with Crippen molar-refractivity contribution in [2.45, 2.75) is 26.2 Å². The van der Waals surface area contributed by atoms with Gasteiger partial charge in [-0.25, -0.2) is 10.2 Å². The summed E-state index contributed by atoms with van der Waals surface area (Å²) in [6.07, 6.45) is 4.77. The third-order valence-electron chi connectivity index (χ3n) is 2.58. The van der Waals surface area contributed by atoms with E-state index in [4.69, 9.17) is 15.2 Å². The third-order valence-corrected chi connectivity index (χ3v) is 2.58. The Labute approximate surface area is 118 Å². The van der Waals surface area contributed by atoms with Crippen LogP contribution in [0.1, 0.15) is 31.7 Å². The predicted octanol–water partition coefficient (Wildman–Crippen LogP) is 2.27. The molecular formula is C14H21N3O3. The monoisotopic (exact) mass is 279 g/mol. The van der Waals surface area contributed by atoms with Crippen LogP contribution >= 0.6 is 0 Å². The molecule has 0 fully saturated rings. The Morgan fingerprint density at radius 1 is 1.40 bits per heavy atom. The summed E-state index contributed by atoms with van der Waals surface area (Å²) in [5.41, 5.74) is 7.84. The Balaban J connectivity index is 2.69. The van der Waals surface area contributed by atoms with Gasteiger partial charge in [0.1, 0.15) is 0 Å². The van der Waals surface area contributed by atoms with E-state index >= 15 is 0 Å². The van der Waals surface area contributed by atoms with Crippen molar-refractivity contribution in [2.24, 2.45) is 10.8 Å². The molecule has 0 radical (unpaired) electrons.